The summed E-state index contributed by atoms with van der Waals surface area (Å²) in [6, 6.07) is 8.12. The van der Waals surface area contributed by atoms with E-state index in [0.29, 0.717) is 18.9 Å². The maximum Gasteiger partial charge on any atom is 0.303 e. The topological polar surface area (TPSA) is 97.0 Å². The van der Waals surface area contributed by atoms with E-state index in [0.717, 1.165) is 15.2 Å². The average Bonchev–Trinajstić information content (AvgIpc) is 3.11. The molecule has 8 heteroatoms. The van der Waals surface area contributed by atoms with Crippen LogP contribution in [-0.4, -0.2) is 27.3 Å². The molecule has 0 amide bonds. The fourth-order valence-corrected chi connectivity index (χ4v) is 3.55. The van der Waals surface area contributed by atoms with Crippen molar-refractivity contribution in [3.05, 3.63) is 59.9 Å². The Morgan fingerprint density at radius 3 is 2.96 bits per heavy atom. The summed E-state index contributed by atoms with van der Waals surface area (Å²) in [6.07, 6.45) is 6.71. The highest BCUT2D eigenvalue weighted by atomic mass is 32.2. The van der Waals surface area contributed by atoms with Gasteiger partial charge in [0, 0.05) is 47.3 Å². The summed E-state index contributed by atoms with van der Waals surface area (Å²) in [6.45, 7) is 1.03. The largest absolute Gasteiger partial charge is 0.365 e. The van der Waals surface area contributed by atoms with Crippen LogP contribution in [0.15, 0.2) is 42.9 Å². The second kappa shape index (κ2) is 4.97. The van der Waals surface area contributed by atoms with Gasteiger partial charge >= 0.3 is 10.2 Å². The number of rotatable bonds is 3. The minimum Gasteiger partial charge on any atom is -0.365 e. The number of nitrogens with one attached hydrogen (secondary N) is 1. The zero-order valence-electron chi connectivity index (χ0n) is 12.2. The van der Waals surface area contributed by atoms with Crippen LogP contribution in [0.25, 0.3) is 17.0 Å². The second-order valence-corrected chi connectivity index (χ2v) is 6.89. The van der Waals surface area contributed by atoms with E-state index in [-0.39, 0.29) is 0 Å². The second-order valence-electron chi connectivity index (χ2n) is 5.47. The highest BCUT2D eigenvalue weighted by Gasteiger charge is 2.19. The molecule has 0 atom stereocenters. The third-order valence-corrected chi connectivity index (χ3v) is 4.84. The number of nitrogens with two attached hydrogens (primary N) is 1. The van der Waals surface area contributed by atoms with E-state index in [1.165, 1.54) is 23.3 Å². The number of hydrogen-bond donors (Lipinski definition) is 2. The van der Waals surface area contributed by atoms with Crippen molar-refractivity contribution >= 4 is 27.2 Å². The first kappa shape index (κ1) is 14.0. The molecular weight excluding hydrogens is 314 g/mol. The lowest BCUT2D eigenvalue weighted by molar-refractivity contribution is 0.350. The van der Waals surface area contributed by atoms with Crippen molar-refractivity contribution in [1.29, 1.82) is 0 Å². The van der Waals surface area contributed by atoms with Crippen LogP contribution in [0.1, 0.15) is 17.1 Å². The lowest BCUT2D eigenvalue weighted by atomic mass is 10.1. The molecule has 4 rings (SSSR count). The molecule has 3 N–H and O–H groups in total. The number of hydrogen-bond acceptors (Lipinski definition) is 4. The van der Waals surface area contributed by atoms with E-state index < -0.39 is 10.2 Å². The number of aromatic nitrogens is 3. The Morgan fingerprint density at radius 2 is 2.13 bits per heavy atom. The van der Waals surface area contributed by atoms with E-state index in [9.17, 15) is 8.42 Å². The molecule has 3 heterocycles. The summed E-state index contributed by atoms with van der Waals surface area (Å²) in [4.78, 5) is 9.49. The zero-order chi connectivity index (χ0) is 16.0. The first-order valence-electron chi connectivity index (χ1n) is 7.10. The highest BCUT2D eigenvalue weighted by molar-refractivity contribution is 7.87. The summed E-state index contributed by atoms with van der Waals surface area (Å²) in [7, 11) is -3.83. The van der Waals surface area contributed by atoms with Gasteiger partial charge in [-0.05, 0) is 12.1 Å². The molecule has 0 aliphatic carbocycles. The van der Waals surface area contributed by atoms with Gasteiger partial charge in [0.05, 0.1) is 6.54 Å². The maximum atomic E-state index is 11.5. The molecule has 0 saturated carbocycles. The van der Waals surface area contributed by atoms with Crippen molar-refractivity contribution in [3.8, 4) is 0 Å². The third-order valence-electron chi connectivity index (χ3n) is 3.96. The van der Waals surface area contributed by atoms with Gasteiger partial charge in [0.25, 0.3) is 0 Å². The smallest absolute Gasteiger partial charge is 0.303 e. The van der Waals surface area contributed by atoms with E-state index in [1.54, 1.807) is 0 Å². The first-order valence-corrected chi connectivity index (χ1v) is 8.60. The molecule has 0 saturated heterocycles. The van der Waals surface area contributed by atoms with Gasteiger partial charge < -0.3 is 9.88 Å². The van der Waals surface area contributed by atoms with Crippen molar-refractivity contribution in [2.24, 2.45) is 5.14 Å². The van der Waals surface area contributed by atoms with E-state index in [1.807, 2.05) is 35.4 Å². The average molecular weight is 329 g/mol. The Hall–Kier alpha value is -2.58. The minimum absolute atomic E-state index is 0.360. The number of para-hydroxylation sites is 1. The van der Waals surface area contributed by atoms with Crippen LogP contribution in [0.5, 0.6) is 0 Å². The summed E-state index contributed by atoms with van der Waals surface area (Å²) < 4.78 is 24.1. The lowest BCUT2D eigenvalue weighted by Gasteiger charge is -2.23. The first-order chi connectivity index (χ1) is 11.0. The summed E-state index contributed by atoms with van der Waals surface area (Å²) in [5.74, 6) is 0.389. The molecule has 23 heavy (non-hydrogen) atoms. The summed E-state index contributed by atoms with van der Waals surface area (Å²) in [5, 5.41) is 6.37. The van der Waals surface area contributed by atoms with Crippen molar-refractivity contribution < 1.29 is 8.42 Å². The zero-order valence-corrected chi connectivity index (χ0v) is 13.0. The summed E-state index contributed by atoms with van der Waals surface area (Å²) >= 11 is 0. The van der Waals surface area contributed by atoms with Crippen LogP contribution in [0.4, 0.5) is 0 Å². The molecule has 2 aromatic heterocycles. The van der Waals surface area contributed by atoms with Gasteiger partial charge in [-0.3, -0.25) is 0 Å². The number of aromatic amines is 1. The van der Waals surface area contributed by atoms with Crippen LogP contribution in [-0.2, 0) is 23.3 Å². The molecule has 1 aliphatic heterocycles. The molecule has 1 aliphatic rings. The van der Waals surface area contributed by atoms with Gasteiger partial charge in [-0.25, -0.2) is 14.1 Å². The van der Waals surface area contributed by atoms with E-state index in [4.69, 9.17) is 5.14 Å². The molecule has 0 radical (unpaired) electrons. The number of nitrogens with zero attached hydrogens (tertiary/aromatic N) is 3. The van der Waals surface area contributed by atoms with Crippen LogP contribution in [0.3, 0.4) is 0 Å². The van der Waals surface area contributed by atoms with E-state index in [2.05, 4.69) is 16.0 Å². The van der Waals surface area contributed by atoms with Crippen molar-refractivity contribution in [2.75, 3.05) is 0 Å². The number of H-pyrrole nitrogens is 1. The monoisotopic (exact) mass is 329 g/mol. The van der Waals surface area contributed by atoms with Gasteiger partial charge in [-0.15, -0.1) is 0 Å². The Bertz CT molecular complexity index is 1020. The molecular formula is C15H15N5O2S. The Kier molecular flexibility index (Phi) is 3.03. The van der Waals surface area contributed by atoms with Crippen LogP contribution >= 0.6 is 0 Å². The molecule has 0 bridgehead atoms. The summed E-state index contributed by atoms with van der Waals surface area (Å²) in [5.41, 5.74) is 3.36. The van der Waals surface area contributed by atoms with Gasteiger partial charge in [0.1, 0.15) is 5.82 Å². The number of fused-ring (bicyclic) bond motifs is 3. The van der Waals surface area contributed by atoms with E-state index >= 15 is 0 Å². The fraction of sp³-hybridized carbons (Fsp3) is 0.133. The third kappa shape index (κ3) is 2.41. The van der Waals surface area contributed by atoms with Crippen molar-refractivity contribution in [2.45, 2.75) is 13.1 Å². The molecule has 3 aromatic rings. The molecule has 0 unspecified atom stereocenters. The van der Waals surface area contributed by atoms with Crippen molar-refractivity contribution in [1.82, 2.24) is 18.8 Å². The van der Waals surface area contributed by atoms with Gasteiger partial charge in [0.15, 0.2) is 0 Å². The van der Waals surface area contributed by atoms with Gasteiger partial charge in [0.2, 0.25) is 0 Å². The lowest BCUT2D eigenvalue weighted by Crippen LogP contribution is -2.27. The molecule has 1 aromatic carbocycles. The SMILES string of the molecule is NS(=O)(=O)n1ccnc1CN1C=Cc2[nH]c3ccccc3c2C1. The maximum absolute atomic E-state index is 11.5. The van der Waals surface area contributed by atoms with Gasteiger partial charge in [-0.1, -0.05) is 18.2 Å². The quantitative estimate of drug-likeness (QED) is 0.759. The van der Waals surface area contributed by atoms with Crippen LogP contribution < -0.4 is 5.14 Å². The highest BCUT2D eigenvalue weighted by Crippen LogP contribution is 2.28. The molecule has 0 spiro atoms. The van der Waals surface area contributed by atoms with Gasteiger partial charge in [-0.2, -0.15) is 8.42 Å². The van der Waals surface area contributed by atoms with Crippen LogP contribution in [0, 0.1) is 0 Å². The predicted molar refractivity (Wildman–Crippen MR) is 87.3 cm³/mol. The Labute approximate surface area is 133 Å². The standard InChI is InChI=1S/C15H15N5O2S/c16-23(21,22)20-8-6-17-15(20)10-19-7-5-14-12(9-19)11-3-1-2-4-13(11)18-14/h1-8,18H,9-10H2,(H2,16,21,22). The predicted octanol–water partition coefficient (Wildman–Crippen LogP) is 1.40. The molecule has 118 valence electrons. The molecule has 7 nitrogen and oxygen atoms in total. The Balaban J connectivity index is 1.65. The minimum atomic E-state index is -3.83. The number of benzene rings is 1. The molecule has 0 fully saturated rings. The van der Waals surface area contributed by atoms with Crippen molar-refractivity contribution in [3.63, 3.8) is 0 Å². The Morgan fingerprint density at radius 1 is 1.30 bits per heavy atom. The normalized spacial score (nSPS) is 14.4. The van der Waals surface area contributed by atoms with Crippen LogP contribution in [0.2, 0.25) is 0 Å². The number of imidazole rings is 1. The fourth-order valence-electron chi connectivity index (χ4n) is 2.92.